The maximum atomic E-state index is 5.56. The van der Waals surface area contributed by atoms with Crippen LogP contribution in [0.3, 0.4) is 0 Å². The molecule has 0 spiro atoms. The van der Waals surface area contributed by atoms with Gasteiger partial charge in [-0.15, -0.1) is 0 Å². The van der Waals surface area contributed by atoms with Gasteiger partial charge in [-0.1, -0.05) is 22.0 Å². The summed E-state index contributed by atoms with van der Waals surface area (Å²) in [6.45, 7) is 3.40. The molecule has 0 aliphatic heterocycles. The first-order chi connectivity index (χ1) is 9.60. The summed E-state index contributed by atoms with van der Waals surface area (Å²) in [5, 5.41) is 3.31. The summed E-state index contributed by atoms with van der Waals surface area (Å²) in [5.41, 5.74) is 7.73. The number of benzene rings is 1. The average Bonchev–Trinajstić information content (AvgIpc) is 2.43. The quantitative estimate of drug-likeness (QED) is 0.879. The maximum Gasteiger partial charge on any atom is 0.135 e. The molecule has 0 amide bonds. The molecule has 0 fully saturated rings. The van der Waals surface area contributed by atoms with Crippen molar-refractivity contribution in [2.45, 2.75) is 6.92 Å². The van der Waals surface area contributed by atoms with E-state index in [0.29, 0.717) is 6.54 Å². The van der Waals surface area contributed by atoms with Gasteiger partial charge in [-0.2, -0.15) is 0 Å². The van der Waals surface area contributed by atoms with Crippen LogP contribution < -0.4 is 16.0 Å². The van der Waals surface area contributed by atoms with Crippen LogP contribution in [0.2, 0.25) is 0 Å². The fourth-order valence-electron chi connectivity index (χ4n) is 1.80. The standard InChI is InChI=1S/C14H18BrN5/c1-10-3-4-11(15)7-12(10)19-13-8-14(18-9-17-13)20(2)6-5-16/h3-4,7-9H,5-6,16H2,1-2H3,(H,17,18,19). The molecule has 5 nitrogen and oxygen atoms in total. The van der Waals surface area contributed by atoms with Crippen molar-refractivity contribution in [3.63, 3.8) is 0 Å². The van der Waals surface area contributed by atoms with Gasteiger partial charge >= 0.3 is 0 Å². The van der Waals surface area contributed by atoms with Crippen LogP contribution in [-0.4, -0.2) is 30.1 Å². The summed E-state index contributed by atoms with van der Waals surface area (Å²) in [5.74, 6) is 1.61. The molecule has 0 atom stereocenters. The third kappa shape index (κ3) is 3.68. The zero-order valence-electron chi connectivity index (χ0n) is 11.6. The van der Waals surface area contributed by atoms with Crippen molar-refractivity contribution >= 4 is 33.3 Å². The summed E-state index contributed by atoms with van der Waals surface area (Å²) >= 11 is 3.47. The van der Waals surface area contributed by atoms with Crippen molar-refractivity contribution in [1.82, 2.24) is 9.97 Å². The van der Waals surface area contributed by atoms with Crippen molar-refractivity contribution in [1.29, 1.82) is 0 Å². The van der Waals surface area contributed by atoms with Gasteiger partial charge < -0.3 is 16.0 Å². The normalized spacial score (nSPS) is 10.4. The molecule has 0 bridgehead atoms. The average molecular weight is 336 g/mol. The van der Waals surface area contributed by atoms with Crippen LogP contribution in [-0.2, 0) is 0 Å². The van der Waals surface area contributed by atoms with Crippen LogP contribution in [0.5, 0.6) is 0 Å². The number of nitrogens with zero attached hydrogens (tertiary/aromatic N) is 3. The van der Waals surface area contributed by atoms with Gasteiger partial charge in [0, 0.05) is 36.4 Å². The predicted molar refractivity (Wildman–Crippen MR) is 86.5 cm³/mol. The van der Waals surface area contributed by atoms with E-state index in [1.54, 1.807) is 6.33 Å². The minimum atomic E-state index is 0.591. The second-order valence-electron chi connectivity index (χ2n) is 4.56. The number of nitrogens with two attached hydrogens (primary N) is 1. The van der Waals surface area contributed by atoms with E-state index < -0.39 is 0 Å². The number of rotatable bonds is 5. The van der Waals surface area contributed by atoms with Crippen LogP contribution in [0.15, 0.2) is 35.1 Å². The van der Waals surface area contributed by atoms with Crippen molar-refractivity contribution in [3.8, 4) is 0 Å². The SMILES string of the molecule is Cc1ccc(Br)cc1Nc1cc(N(C)CCN)ncn1. The largest absolute Gasteiger partial charge is 0.358 e. The zero-order chi connectivity index (χ0) is 14.5. The first-order valence-electron chi connectivity index (χ1n) is 6.36. The lowest BCUT2D eigenvalue weighted by molar-refractivity contribution is 0.864. The molecule has 1 aromatic heterocycles. The minimum absolute atomic E-state index is 0.591. The second kappa shape index (κ2) is 6.67. The van der Waals surface area contributed by atoms with Crippen LogP contribution in [0.4, 0.5) is 17.3 Å². The molecule has 6 heteroatoms. The van der Waals surface area contributed by atoms with E-state index in [-0.39, 0.29) is 0 Å². The maximum absolute atomic E-state index is 5.56. The number of likely N-dealkylation sites (N-methyl/N-ethyl adjacent to an activating group) is 1. The Morgan fingerprint density at radius 3 is 2.85 bits per heavy atom. The molecular formula is C14H18BrN5. The van der Waals surface area contributed by atoms with E-state index in [1.807, 2.05) is 30.1 Å². The van der Waals surface area contributed by atoms with Gasteiger partial charge in [-0.3, -0.25) is 0 Å². The Kier molecular flexibility index (Phi) is 4.92. The molecule has 1 heterocycles. The van der Waals surface area contributed by atoms with Crippen LogP contribution in [0, 0.1) is 6.92 Å². The molecule has 0 unspecified atom stereocenters. The van der Waals surface area contributed by atoms with Gasteiger partial charge in [0.1, 0.15) is 18.0 Å². The molecule has 0 saturated carbocycles. The number of halogens is 1. The Morgan fingerprint density at radius 2 is 2.10 bits per heavy atom. The van der Waals surface area contributed by atoms with Gasteiger partial charge in [-0.05, 0) is 24.6 Å². The minimum Gasteiger partial charge on any atom is -0.358 e. The van der Waals surface area contributed by atoms with Crippen molar-refractivity contribution in [2.24, 2.45) is 5.73 Å². The summed E-state index contributed by atoms with van der Waals surface area (Å²) in [7, 11) is 1.96. The van der Waals surface area contributed by atoms with Gasteiger partial charge in [0.15, 0.2) is 0 Å². The number of nitrogens with one attached hydrogen (secondary N) is 1. The number of aromatic nitrogens is 2. The van der Waals surface area contributed by atoms with Crippen LogP contribution in [0.1, 0.15) is 5.56 Å². The first kappa shape index (κ1) is 14.7. The fraction of sp³-hybridized carbons (Fsp3) is 0.286. The Balaban J connectivity index is 2.21. The van der Waals surface area contributed by atoms with E-state index in [0.717, 1.165) is 33.9 Å². The molecule has 2 rings (SSSR count). The van der Waals surface area contributed by atoms with E-state index in [4.69, 9.17) is 5.73 Å². The molecule has 3 N–H and O–H groups in total. The first-order valence-corrected chi connectivity index (χ1v) is 7.16. The van der Waals surface area contributed by atoms with E-state index >= 15 is 0 Å². The Labute approximate surface area is 127 Å². The number of hydrogen-bond donors (Lipinski definition) is 2. The van der Waals surface area contributed by atoms with E-state index in [9.17, 15) is 0 Å². The van der Waals surface area contributed by atoms with Crippen molar-refractivity contribution in [2.75, 3.05) is 30.4 Å². The molecule has 0 saturated heterocycles. The molecular weight excluding hydrogens is 318 g/mol. The van der Waals surface area contributed by atoms with Gasteiger partial charge in [-0.25, -0.2) is 9.97 Å². The Bertz CT molecular complexity index is 588. The number of anilines is 3. The summed E-state index contributed by atoms with van der Waals surface area (Å²) in [4.78, 5) is 10.5. The fourth-order valence-corrected chi connectivity index (χ4v) is 2.16. The van der Waals surface area contributed by atoms with Crippen molar-refractivity contribution < 1.29 is 0 Å². The molecule has 0 aliphatic rings. The summed E-state index contributed by atoms with van der Waals surface area (Å²) < 4.78 is 1.03. The predicted octanol–water partition coefficient (Wildman–Crippen LogP) is 2.69. The Hall–Kier alpha value is -1.66. The molecule has 0 aliphatic carbocycles. The smallest absolute Gasteiger partial charge is 0.135 e. The number of hydrogen-bond acceptors (Lipinski definition) is 5. The third-order valence-corrected chi connectivity index (χ3v) is 3.46. The van der Waals surface area contributed by atoms with E-state index in [2.05, 4.69) is 44.2 Å². The molecule has 20 heavy (non-hydrogen) atoms. The Morgan fingerprint density at radius 1 is 1.30 bits per heavy atom. The lowest BCUT2D eigenvalue weighted by atomic mass is 10.2. The molecule has 2 aromatic rings. The second-order valence-corrected chi connectivity index (χ2v) is 5.47. The topological polar surface area (TPSA) is 67.1 Å². The van der Waals surface area contributed by atoms with Crippen LogP contribution in [0.25, 0.3) is 0 Å². The summed E-state index contributed by atoms with van der Waals surface area (Å²) in [6.07, 6.45) is 1.55. The summed E-state index contributed by atoms with van der Waals surface area (Å²) in [6, 6.07) is 8.01. The van der Waals surface area contributed by atoms with Crippen LogP contribution >= 0.6 is 15.9 Å². The molecule has 0 radical (unpaired) electrons. The van der Waals surface area contributed by atoms with Gasteiger partial charge in [0.05, 0.1) is 0 Å². The highest BCUT2D eigenvalue weighted by Crippen LogP contribution is 2.24. The van der Waals surface area contributed by atoms with Gasteiger partial charge in [0.2, 0.25) is 0 Å². The highest BCUT2D eigenvalue weighted by atomic mass is 79.9. The third-order valence-electron chi connectivity index (χ3n) is 2.97. The highest BCUT2D eigenvalue weighted by molar-refractivity contribution is 9.10. The lowest BCUT2D eigenvalue weighted by Crippen LogP contribution is -2.25. The monoisotopic (exact) mass is 335 g/mol. The van der Waals surface area contributed by atoms with E-state index in [1.165, 1.54) is 0 Å². The lowest BCUT2D eigenvalue weighted by Gasteiger charge is -2.17. The number of aryl methyl sites for hydroxylation is 1. The molecule has 1 aromatic carbocycles. The zero-order valence-corrected chi connectivity index (χ0v) is 13.2. The molecule has 106 valence electrons. The highest BCUT2D eigenvalue weighted by Gasteiger charge is 2.05. The van der Waals surface area contributed by atoms with Crippen molar-refractivity contribution in [3.05, 3.63) is 40.6 Å². The van der Waals surface area contributed by atoms with Gasteiger partial charge in [0.25, 0.3) is 0 Å².